The van der Waals surface area contributed by atoms with Gasteiger partial charge in [-0.1, -0.05) is 35.9 Å². The van der Waals surface area contributed by atoms with Crippen LogP contribution in [0, 0.1) is 0 Å². The van der Waals surface area contributed by atoms with E-state index >= 15 is 0 Å². The largest absolute Gasteiger partial charge is 0.497 e. The van der Waals surface area contributed by atoms with E-state index < -0.39 is 0 Å². The number of hydrogen-bond acceptors (Lipinski definition) is 4. The molecule has 2 aromatic rings. The standard InChI is InChI=1S/C24H26ClNO3/c1-26-19-9-10-20(26)15-22(14-19)29-24(27)23(13-16-3-7-18(25)8-4-16)17-5-11-21(28-2)12-6-17/h3-8,11-13,19-20,22H,9-10,14-15H2,1-2H3/b23-13+. The van der Waals surface area contributed by atoms with Crippen LogP contribution in [-0.4, -0.2) is 43.2 Å². The zero-order valence-corrected chi connectivity index (χ0v) is 17.6. The second-order valence-electron chi connectivity index (χ2n) is 7.89. The van der Waals surface area contributed by atoms with Crippen LogP contribution < -0.4 is 4.74 Å². The van der Waals surface area contributed by atoms with Crippen LogP contribution in [0.15, 0.2) is 48.5 Å². The molecule has 0 aromatic heterocycles. The van der Waals surface area contributed by atoms with Crippen LogP contribution in [0.1, 0.15) is 36.8 Å². The number of carbonyl (C=O) groups is 1. The molecule has 2 unspecified atom stereocenters. The zero-order chi connectivity index (χ0) is 20.4. The number of hydrogen-bond donors (Lipinski definition) is 0. The summed E-state index contributed by atoms with van der Waals surface area (Å²) in [5, 5.41) is 0.664. The van der Waals surface area contributed by atoms with E-state index in [1.807, 2.05) is 54.6 Å². The summed E-state index contributed by atoms with van der Waals surface area (Å²) >= 11 is 6.00. The van der Waals surface area contributed by atoms with E-state index in [-0.39, 0.29) is 12.1 Å². The second kappa shape index (κ2) is 8.60. The highest BCUT2D eigenvalue weighted by atomic mass is 35.5. The molecule has 0 N–H and O–H groups in total. The van der Waals surface area contributed by atoms with Gasteiger partial charge in [0.25, 0.3) is 0 Å². The molecule has 152 valence electrons. The van der Waals surface area contributed by atoms with Crippen molar-refractivity contribution in [3.63, 3.8) is 0 Å². The molecule has 2 saturated heterocycles. The number of benzene rings is 2. The Bertz CT molecular complexity index is 877. The Labute approximate surface area is 177 Å². The van der Waals surface area contributed by atoms with Gasteiger partial charge in [0.05, 0.1) is 12.7 Å². The van der Waals surface area contributed by atoms with E-state index in [4.69, 9.17) is 21.1 Å². The van der Waals surface area contributed by atoms with Crippen molar-refractivity contribution >= 4 is 29.2 Å². The molecule has 4 rings (SSSR count). The number of piperidine rings is 1. The molecular formula is C24H26ClNO3. The van der Waals surface area contributed by atoms with Crippen LogP contribution in [0.2, 0.25) is 5.02 Å². The predicted molar refractivity (Wildman–Crippen MR) is 116 cm³/mol. The summed E-state index contributed by atoms with van der Waals surface area (Å²) in [5.74, 6) is 0.471. The lowest BCUT2D eigenvalue weighted by Gasteiger charge is -2.35. The molecular weight excluding hydrogens is 386 g/mol. The molecule has 0 amide bonds. The quantitative estimate of drug-likeness (QED) is 0.391. The molecule has 29 heavy (non-hydrogen) atoms. The van der Waals surface area contributed by atoms with Crippen molar-refractivity contribution in [3.8, 4) is 5.75 Å². The Kier molecular flexibility index (Phi) is 5.93. The van der Waals surface area contributed by atoms with Gasteiger partial charge in [-0.25, -0.2) is 4.79 Å². The van der Waals surface area contributed by atoms with Crippen molar-refractivity contribution in [2.75, 3.05) is 14.2 Å². The van der Waals surface area contributed by atoms with Crippen LogP contribution >= 0.6 is 11.6 Å². The maximum absolute atomic E-state index is 13.2. The van der Waals surface area contributed by atoms with Gasteiger partial charge in [-0.2, -0.15) is 0 Å². The van der Waals surface area contributed by atoms with E-state index in [1.165, 1.54) is 12.8 Å². The molecule has 2 aliphatic rings. The first kappa shape index (κ1) is 20.0. The first-order chi connectivity index (χ1) is 14.0. The maximum Gasteiger partial charge on any atom is 0.339 e. The summed E-state index contributed by atoms with van der Waals surface area (Å²) in [6, 6.07) is 16.0. The van der Waals surface area contributed by atoms with E-state index in [0.29, 0.717) is 22.7 Å². The third-order valence-corrected chi connectivity index (χ3v) is 6.38. The molecule has 0 aliphatic carbocycles. The zero-order valence-electron chi connectivity index (χ0n) is 16.8. The number of esters is 1. The van der Waals surface area contributed by atoms with Gasteiger partial charge in [-0.15, -0.1) is 0 Å². The van der Waals surface area contributed by atoms with Crippen LogP contribution in [0.5, 0.6) is 5.75 Å². The van der Waals surface area contributed by atoms with E-state index in [2.05, 4.69) is 11.9 Å². The minimum absolute atomic E-state index is 0.0249. The molecule has 0 radical (unpaired) electrons. The highest BCUT2D eigenvalue weighted by Crippen LogP contribution is 2.36. The number of carbonyl (C=O) groups excluding carboxylic acids is 1. The lowest BCUT2D eigenvalue weighted by Crippen LogP contribution is -2.43. The van der Waals surface area contributed by atoms with E-state index in [0.717, 1.165) is 29.7 Å². The topological polar surface area (TPSA) is 38.8 Å². The average Bonchev–Trinajstić information content (AvgIpc) is 2.94. The molecule has 0 spiro atoms. The van der Waals surface area contributed by atoms with Crippen molar-refractivity contribution in [2.45, 2.75) is 43.9 Å². The van der Waals surface area contributed by atoms with Gasteiger partial charge in [0.1, 0.15) is 11.9 Å². The fraction of sp³-hybridized carbons (Fsp3) is 0.375. The summed E-state index contributed by atoms with van der Waals surface area (Å²) in [4.78, 5) is 15.6. The minimum Gasteiger partial charge on any atom is -0.497 e. The van der Waals surface area contributed by atoms with Gasteiger partial charge >= 0.3 is 5.97 Å². The van der Waals surface area contributed by atoms with Gasteiger partial charge < -0.3 is 14.4 Å². The highest BCUT2D eigenvalue weighted by Gasteiger charge is 2.40. The molecule has 2 atom stereocenters. The van der Waals surface area contributed by atoms with Gasteiger partial charge in [0, 0.05) is 29.9 Å². The van der Waals surface area contributed by atoms with Crippen molar-refractivity contribution < 1.29 is 14.3 Å². The number of rotatable bonds is 5. The summed E-state index contributed by atoms with van der Waals surface area (Å²) in [7, 11) is 3.81. The van der Waals surface area contributed by atoms with Crippen LogP contribution in [0.25, 0.3) is 11.6 Å². The maximum atomic E-state index is 13.2. The molecule has 5 heteroatoms. The minimum atomic E-state index is -0.279. The Morgan fingerprint density at radius 1 is 1.03 bits per heavy atom. The van der Waals surface area contributed by atoms with Gasteiger partial charge in [-0.3, -0.25) is 0 Å². The number of methoxy groups -OCH3 is 1. The first-order valence-corrected chi connectivity index (χ1v) is 10.5. The normalized spacial score (nSPS) is 24.4. The molecule has 2 bridgehead atoms. The Morgan fingerprint density at radius 2 is 1.66 bits per heavy atom. The monoisotopic (exact) mass is 411 g/mol. The summed E-state index contributed by atoms with van der Waals surface area (Å²) in [6.45, 7) is 0. The van der Waals surface area contributed by atoms with E-state index in [1.54, 1.807) is 7.11 Å². The van der Waals surface area contributed by atoms with Gasteiger partial charge in [-0.05, 0) is 61.4 Å². The van der Waals surface area contributed by atoms with Crippen LogP contribution in [-0.2, 0) is 9.53 Å². The van der Waals surface area contributed by atoms with Crippen LogP contribution in [0.4, 0.5) is 0 Å². The summed E-state index contributed by atoms with van der Waals surface area (Å²) in [6.07, 6.45) is 6.06. The lowest BCUT2D eigenvalue weighted by molar-refractivity contribution is -0.144. The Balaban J connectivity index is 1.58. The fourth-order valence-electron chi connectivity index (χ4n) is 4.43. The molecule has 2 aromatic carbocycles. The second-order valence-corrected chi connectivity index (χ2v) is 8.32. The molecule has 2 fully saturated rings. The smallest absolute Gasteiger partial charge is 0.339 e. The van der Waals surface area contributed by atoms with Gasteiger partial charge in [0.15, 0.2) is 0 Å². The highest BCUT2D eigenvalue weighted by molar-refractivity contribution is 6.30. The van der Waals surface area contributed by atoms with Crippen molar-refractivity contribution in [1.29, 1.82) is 0 Å². The number of ether oxygens (including phenoxy) is 2. The Hall–Kier alpha value is -2.30. The average molecular weight is 412 g/mol. The molecule has 2 heterocycles. The van der Waals surface area contributed by atoms with Crippen LogP contribution in [0.3, 0.4) is 0 Å². The number of halogens is 1. The molecule has 0 saturated carbocycles. The third kappa shape index (κ3) is 4.49. The van der Waals surface area contributed by atoms with Crippen molar-refractivity contribution in [3.05, 3.63) is 64.7 Å². The molecule has 2 aliphatic heterocycles. The summed E-state index contributed by atoms with van der Waals surface area (Å²) < 4.78 is 11.2. The number of nitrogens with zero attached hydrogens (tertiary/aromatic N) is 1. The lowest BCUT2D eigenvalue weighted by atomic mass is 9.99. The van der Waals surface area contributed by atoms with E-state index in [9.17, 15) is 4.79 Å². The van der Waals surface area contributed by atoms with Gasteiger partial charge in [0.2, 0.25) is 0 Å². The SMILES string of the molecule is COc1ccc(/C(=C\c2ccc(Cl)cc2)C(=O)OC2CC3CCC(C2)N3C)cc1. The summed E-state index contributed by atoms with van der Waals surface area (Å²) in [5.41, 5.74) is 2.25. The number of fused-ring (bicyclic) bond motifs is 2. The predicted octanol–water partition coefficient (Wildman–Crippen LogP) is 5.06. The Morgan fingerprint density at radius 3 is 2.24 bits per heavy atom. The van der Waals surface area contributed by atoms with Crippen molar-refractivity contribution in [2.24, 2.45) is 0 Å². The molecule has 4 nitrogen and oxygen atoms in total. The first-order valence-electron chi connectivity index (χ1n) is 10.1. The fourth-order valence-corrected chi connectivity index (χ4v) is 4.56. The third-order valence-electron chi connectivity index (χ3n) is 6.13. The van der Waals surface area contributed by atoms with Crippen molar-refractivity contribution in [1.82, 2.24) is 4.90 Å².